The summed E-state index contributed by atoms with van der Waals surface area (Å²) >= 11 is 0. The van der Waals surface area contributed by atoms with Gasteiger partial charge in [0.05, 0.1) is 16.7 Å². The van der Waals surface area contributed by atoms with Crippen molar-refractivity contribution in [2.75, 3.05) is 0 Å². The van der Waals surface area contributed by atoms with Crippen molar-refractivity contribution in [3.05, 3.63) is 96.3 Å². The number of aryl methyl sites for hydroxylation is 1. The lowest BCUT2D eigenvalue weighted by atomic mass is 10.1. The van der Waals surface area contributed by atoms with E-state index >= 15 is 0 Å². The molecule has 0 bridgehead atoms. The summed E-state index contributed by atoms with van der Waals surface area (Å²) in [5, 5.41) is 16.7. The minimum Gasteiger partial charge on any atom is -0.488 e. The van der Waals surface area contributed by atoms with E-state index in [4.69, 9.17) is 4.74 Å². The van der Waals surface area contributed by atoms with E-state index in [-0.39, 0.29) is 0 Å². The average molecular weight is 432 g/mol. The third kappa shape index (κ3) is 3.40. The monoisotopic (exact) mass is 432 g/mol. The van der Waals surface area contributed by atoms with Crippen molar-refractivity contribution in [2.24, 2.45) is 0 Å². The predicted molar refractivity (Wildman–Crippen MR) is 127 cm³/mol. The Kier molecular flexibility index (Phi) is 4.58. The molecule has 0 spiro atoms. The first-order chi connectivity index (χ1) is 16.3. The number of tetrazole rings is 1. The Morgan fingerprint density at radius 2 is 1.79 bits per heavy atom. The number of para-hydroxylation sites is 2. The first kappa shape index (κ1) is 19.2. The summed E-state index contributed by atoms with van der Waals surface area (Å²) in [4.78, 5) is 4.61. The molecule has 0 aliphatic heterocycles. The van der Waals surface area contributed by atoms with Gasteiger partial charge in [-0.05, 0) is 54.1 Å². The van der Waals surface area contributed by atoms with Crippen LogP contribution in [0.1, 0.15) is 11.3 Å². The molecule has 3 heterocycles. The van der Waals surface area contributed by atoms with Crippen LogP contribution in [0.15, 0.2) is 85.1 Å². The molecular weight excluding hydrogens is 412 g/mol. The highest BCUT2D eigenvalue weighted by atomic mass is 16.5. The van der Waals surface area contributed by atoms with Crippen molar-refractivity contribution in [3.8, 4) is 22.8 Å². The molecule has 0 fully saturated rings. The van der Waals surface area contributed by atoms with Crippen LogP contribution in [0.5, 0.6) is 5.75 Å². The van der Waals surface area contributed by atoms with Crippen LogP contribution in [0.2, 0.25) is 0 Å². The SMILES string of the molecule is Cc1cc(OCc2cccc3c2ccn3-c2ccccc2-c2nn[nH]n2)c2ccccc2n1. The minimum absolute atomic E-state index is 0.460. The molecule has 6 aromatic rings. The number of nitrogens with zero attached hydrogens (tertiary/aromatic N) is 5. The zero-order valence-electron chi connectivity index (χ0n) is 17.9. The number of hydrogen-bond donors (Lipinski definition) is 1. The van der Waals surface area contributed by atoms with Crippen LogP contribution < -0.4 is 4.74 Å². The first-order valence-electron chi connectivity index (χ1n) is 10.7. The standard InChI is InChI=1S/C26H20N6O/c1-17-15-25(20-8-2-4-10-22(20)27-17)33-16-18-7-6-12-23-19(18)13-14-32(23)24-11-5-3-9-21(24)26-28-30-31-29-26/h2-15H,16H2,1H3,(H,28,29,30,31). The third-order valence-corrected chi connectivity index (χ3v) is 5.76. The molecule has 33 heavy (non-hydrogen) atoms. The fourth-order valence-electron chi connectivity index (χ4n) is 4.26. The van der Waals surface area contributed by atoms with Crippen LogP contribution >= 0.6 is 0 Å². The maximum Gasteiger partial charge on any atom is 0.206 e. The van der Waals surface area contributed by atoms with Gasteiger partial charge in [-0.2, -0.15) is 5.21 Å². The number of ether oxygens (including phenoxy) is 1. The molecule has 0 amide bonds. The zero-order chi connectivity index (χ0) is 22.2. The molecule has 0 aliphatic rings. The van der Waals surface area contributed by atoms with E-state index in [2.05, 4.69) is 66.7 Å². The van der Waals surface area contributed by atoms with Crippen LogP contribution in [0, 0.1) is 6.92 Å². The molecule has 1 N–H and O–H groups in total. The van der Waals surface area contributed by atoms with Gasteiger partial charge in [0.25, 0.3) is 0 Å². The van der Waals surface area contributed by atoms with Crippen molar-refractivity contribution in [3.63, 3.8) is 0 Å². The Morgan fingerprint density at radius 3 is 2.70 bits per heavy atom. The molecule has 7 heteroatoms. The summed E-state index contributed by atoms with van der Waals surface area (Å²) < 4.78 is 8.46. The number of hydrogen-bond acceptors (Lipinski definition) is 5. The average Bonchev–Trinajstić information content (AvgIpc) is 3.53. The van der Waals surface area contributed by atoms with E-state index in [0.717, 1.165) is 50.1 Å². The number of aromatic nitrogens is 6. The van der Waals surface area contributed by atoms with E-state index < -0.39 is 0 Å². The zero-order valence-corrected chi connectivity index (χ0v) is 17.9. The molecule has 0 saturated heterocycles. The molecular formula is C26H20N6O. The molecule has 0 atom stereocenters. The van der Waals surface area contributed by atoms with Gasteiger partial charge in [-0.3, -0.25) is 4.98 Å². The van der Waals surface area contributed by atoms with Crippen molar-refractivity contribution in [1.82, 2.24) is 30.2 Å². The number of fused-ring (bicyclic) bond motifs is 2. The van der Waals surface area contributed by atoms with Gasteiger partial charge in [-0.1, -0.05) is 36.4 Å². The van der Waals surface area contributed by atoms with E-state index in [0.29, 0.717) is 12.4 Å². The fraction of sp³-hybridized carbons (Fsp3) is 0.0769. The van der Waals surface area contributed by atoms with E-state index in [1.807, 2.05) is 55.5 Å². The molecule has 0 saturated carbocycles. The normalized spacial score (nSPS) is 11.3. The van der Waals surface area contributed by atoms with Crippen molar-refractivity contribution >= 4 is 21.8 Å². The van der Waals surface area contributed by atoms with Gasteiger partial charge in [0.2, 0.25) is 5.82 Å². The second-order valence-corrected chi connectivity index (χ2v) is 7.86. The Labute approximate surface area is 189 Å². The van der Waals surface area contributed by atoms with Gasteiger partial charge in [0.1, 0.15) is 12.4 Å². The lowest BCUT2D eigenvalue weighted by molar-refractivity contribution is 0.311. The molecule has 160 valence electrons. The fourth-order valence-corrected chi connectivity index (χ4v) is 4.26. The van der Waals surface area contributed by atoms with Crippen molar-refractivity contribution in [1.29, 1.82) is 0 Å². The lowest BCUT2D eigenvalue weighted by Gasteiger charge is -2.12. The Bertz CT molecular complexity index is 1590. The van der Waals surface area contributed by atoms with Crippen LogP contribution in [0.4, 0.5) is 0 Å². The topological polar surface area (TPSA) is 81.5 Å². The quantitative estimate of drug-likeness (QED) is 0.403. The molecule has 7 nitrogen and oxygen atoms in total. The molecule has 3 aromatic heterocycles. The molecule has 3 aromatic carbocycles. The highest BCUT2D eigenvalue weighted by Crippen LogP contribution is 2.31. The summed E-state index contributed by atoms with van der Waals surface area (Å²) in [6.45, 7) is 2.45. The highest BCUT2D eigenvalue weighted by Gasteiger charge is 2.14. The van der Waals surface area contributed by atoms with Gasteiger partial charge in [0, 0.05) is 34.3 Å². The highest BCUT2D eigenvalue weighted by molar-refractivity contribution is 5.87. The first-order valence-corrected chi connectivity index (χ1v) is 10.7. The Morgan fingerprint density at radius 1 is 0.909 bits per heavy atom. The predicted octanol–water partition coefficient (Wildman–Crippen LogP) is 5.25. The largest absolute Gasteiger partial charge is 0.488 e. The van der Waals surface area contributed by atoms with Crippen LogP contribution in [0.25, 0.3) is 38.9 Å². The maximum absolute atomic E-state index is 6.31. The van der Waals surface area contributed by atoms with Crippen LogP contribution in [-0.2, 0) is 6.61 Å². The Balaban J connectivity index is 1.39. The van der Waals surface area contributed by atoms with Gasteiger partial charge in [-0.25, -0.2) is 0 Å². The number of benzene rings is 3. The van der Waals surface area contributed by atoms with Crippen molar-refractivity contribution < 1.29 is 4.74 Å². The third-order valence-electron chi connectivity index (χ3n) is 5.76. The lowest BCUT2D eigenvalue weighted by Crippen LogP contribution is -1.99. The molecule has 0 radical (unpaired) electrons. The summed E-state index contributed by atoms with van der Waals surface area (Å²) in [7, 11) is 0. The molecule has 0 aliphatic carbocycles. The van der Waals surface area contributed by atoms with Gasteiger partial charge in [-0.15, -0.1) is 10.2 Å². The minimum atomic E-state index is 0.460. The number of H-pyrrole nitrogens is 1. The second-order valence-electron chi connectivity index (χ2n) is 7.86. The van der Waals surface area contributed by atoms with E-state index in [1.165, 1.54) is 0 Å². The van der Waals surface area contributed by atoms with Crippen LogP contribution in [-0.4, -0.2) is 30.2 Å². The van der Waals surface area contributed by atoms with Gasteiger partial charge >= 0.3 is 0 Å². The van der Waals surface area contributed by atoms with Gasteiger partial charge < -0.3 is 9.30 Å². The second kappa shape index (κ2) is 7.87. The summed E-state index contributed by atoms with van der Waals surface area (Å²) in [6, 6.07) is 26.5. The number of rotatable bonds is 5. The number of nitrogens with one attached hydrogen (secondary N) is 1. The van der Waals surface area contributed by atoms with E-state index in [1.54, 1.807) is 0 Å². The summed E-state index contributed by atoms with van der Waals surface area (Å²) in [6.07, 6.45) is 2.07. The van der Waals surface area contributed by atoms with Crippen LogP contribution in [0.3, 0.4) is 0 Å². The maximum atomic E-state index is 6.31. The molecule has 6 rings (SSSR count). The number of pyridine rings is 1. The molecule has 0 unspecified atom stereocenters. The van der Waals surface area contributed by atoms with Gasteiger partial charge in [0.15, 0.2) is 0 Å². The summed E-state index contributed by atoms with van der Waals surface area (Å²) in [5.41, 5.74) is 5.97. The van der Waals surface area contributed by atoms with Crippen molar-refractivity contribution in [2.45, 2.75) is 13.5 Å². The van der Waals surface area contributed by atoms with E-state index in [9.17, 15) is 0 Å². The summed E-state index contributed by atoms with van der Waals surface area (Å²) in [5.74, 6) is 1.41. The number of aromatic amines is 1. The Hall–Kier alpha value is -4.52. The smallest absolute Gasteiger partial charge is 0.206 e.